The average molecular weight is 495 g/mol. The van der Waals surface area contributed by atoms with E-state index >= 15 is 0 Å². The molecule has 2 aliphatic rings. The molecule has 0 radical (unpaired) electrons. The third-order valence-electron chi connectivity index (χ3n) is 5.23. The van der Waals surface area contributed by atoms with Crippen LogP contribution < -0.4 is 15.5 Å². The predicted molar refractivity (Wildman–Crippen MR) is 133 cm³/mol. The largest absolute Gasteiger partial charge is 0.463 e. The highest BCUT2D eigenvalue weighted by molar-refractivity contribution is 8.14. The molecule has 0 saturated heterocycles. The third-order valence-corrected chi connectivity index (χ3v) is 6.19. The summed E-state index contributed by atoms with van der Waals surface area (Å²) in [6.07, 6.45) is 1.67. The van der Waals surface area contributed by atoms with Crippen molar-refractivity contribution in [2.24, 2.45) is 4.99 Å². The number of nitrogens with zero attached hydrogens (tertiary/aromatic N) is 2. The van der Waals surface area contributed by atoms with Crippen molar-refractivity contribution in [1.82, 2.24) is 10.6 Å². The number of esters is 1. The van der Waals surface area contributed by atoms with Crippen molar-refractivity contribution in [1.29, 1.82) is 0 Å². The summed E-state index contributed by atoms with van der Waals surface area (Å²) in [6, 6.07) is 13.8. The summed E-state index contributed by atoms with van der Waals surface area (Å²) < 4.78 is 18.7. The van der Waals surface area contributed by atoms with Crippen LogP contribution in [0.5, 0.6) is 0 Å². The number of benzene rings is 2. The van der Waals surface area contributed by atoms with Gasteiger partial charge in [-0.1, -0.05) is 42.1 Å². The zero-order valence-electron chi connectivity index (χ0n) is 19.1. The Kier molecular flexibility index (Phi) is 7.31. The molecule has 2 aliphatic heterocycles. The minimum atomic E-state index is -0.549. The van der Waals surface area contributed by atoms with E-state index in [1.807, 2.05) is 30.3 Å². The van der Waals surface area contributed by atoms with Crippen LogP contribution in [0.4, 0.5) is 14.9 Å². The Balaban J connectivity index is 1.68. The lowest BCUT2D eigenvalue weighted by Crippen LogP contribution is -2.49. The van der Waals surface area contributed by atoms with Gasteiger partial charge in [-0.05, 0) is 49.8 Å². The number of aliphatic imine (C=N–C) groups is 1. The molecular weight excluding hydrogens is 471 g/mol. The van der Waals surface area contributed by atoms with Gasteiger partial charge in [0.25, 0.3) is 5.91 Å². The lowest BCUT2D eigenvalue weighted by atomic mass is 10.1. The van der Waals surface area contributed by atoms with Crippen molar-refractivity contribution in [2.45, 2.75) is 19.9 Å². The van der Waals surface area contributed by atoms with E-state index < -0.39 is 23.9 Å². The van der Waals surface area contributed by atoms with Gasteiger partial charge in [-0.3, -0.25) is 9.69 Å². The lowest BCUT2D eigenvalue weighted by molar-refractivity contribution is -0.139. The van der Waals surface area contributed by atoms with Crippen LogP contribution in [0.2, 0.25) is 0 Å². The number of hydrogen-bond donors (Lipinski definition) is 2. The van der Waals surface area contributed by atoms with Gasteiger partial charge in [-0.2, -0.15) is 0 Å². The van der Waals surface area contributed by atoms with Crippen LogP contribution in [0.3, 0.4) is 0 Å². The highest BCUT2D eigenvalue weighted by atomic mass is 32.2. The number of halogens is 1. The molecular formula is C25H23FN4O4S. The van der Waals surface area contributed by atoms with Gasteiger partial charge in [0.2, 0.25) is 0 Å². The molecule has 2 aromatic carbocycles. The van der Waals surface area contributed by atoms with Crippen LogP contribution in [0, 0.1) is 5.82 Å². The van der Waals surface area contributed by atoms with Gasteiger partial charge >= 0.3 is 12.0 Å². The van der Waals surface area contributed by atoms with Gasteiger partial charge in [0.15, 0.2) is 5.17 Å². The molecule has 2 heterocycles. The highest BCUT2D eigenvalue weighted by Gasteiger charge is 2.34. The second-order valence-corrected chi connectivity index (χ2v) is 8.62. The van der Waals surface area contributed by atoms with Crippen molar-refractivity contribution in [3.8, 4) is 0 Å². The topological polar surface area (TPSA) is 100 Å². The Bertz CT molecular complexity index is 1240. The average Bonchev–Trinajstić information content (AvgIpc) is 3.13. The van der Waals surface area contributed by atoms with Crippen LogP contribution >= 0.6 is 11.8 Å². The van der Waals surface area contributed by atoms with E-state index in [4.69, 9.17) is 4.74 Å². The molecule has 1 atom stereocenters. The molecule has 0 aliphatic carbocycles. The van der Waals surface area contributed by atoms with E-state index in [0.717, 1.165) is 5.56 Å². The summed E-state index contributed by atoms with van der Waals surface area (Å²) in [5.41, 5.74) is 2.14. The second kappa shape index (κ2) is 10.6. The zero-order chi connectivity index (χ0) is 24.9. The summed E-state index contributed by atoms with van der Waals surface area (Å²) in [4.78, 5) is 43.8. The van der Waals surface area contributed by atoms with Gasteiger partial charge in [0.1, 0.15) is 11.5 Å². The van der Waals surface area contributed by atoms with Gasteiger partial charge < -0.3 is 15.4 Å². The number of anilines is 1. The molecule has 0 saturated carbocycles. The Morgan fingerprint density at radius 2 is 1.89 bits per heavy atom. The maximum absolute atomic E-state index is 13.5. The van der Waals surface area contributed by atoms with E-state index in [1.165, 1.54) is 40.9 Å². The number of rotatable bonds is 6. The van der Waals surface area contributed by atoms with Gasteiger partial charge in [-0.15, -0.1) is 0 Å². The molecule has 4 rings (SSSR count). The first-order valence-electron chi connectivity index (χ1n) is 10.9. The van der Waals surface area contributed by atoms with Gasteiger partial charge in [-0.25, -0.2) is 19.0 Å². The van der Waals surface area contributed by atoms with Crippen molar-refractivity contribution in [2.75, 3.05) is 17.3 Å². The fourth-order valence-corrected chi connectivity index (χ4v) is 4.63. The Hall–Kier alpha value is -3.92. The molecule has 1 unspecified atom stereocenters. The van der Waals surface area contributed by atoms with Crippen LogP contribution in [-0.4, -0.2) is 41.5 Å². The number of hydrogen-bond acceptors (Lipinski definition) is 6. The lowest BCUT2D eigenvalue weighted by Gasteiger charge is -2.27. The first-order valence-corrected chi connectivity index (χ1v) is 11.9. The number of amidine groups is 1. The van der Waals surface area contributed by atoms with E-state index in [2.05, 4.69) is 15.6 Å². The van der Waals surface area contributed by atoms with Crippen molar-refractivity contribution < 1.29 is 23.5 Å². The fourth-order valence-electron chi connectivity index (χ4n) is 3.65. The minimum absolute atomic E-state index is 0.147. The molecule has 0 bridgehead atoms. The number of nitrogens with one attached hydrogen (secondary N) is 2. The van der Waals surface area contributed by atoms with E-state index in [1.54, 1.807) is 19.9 Å². The maximum atomic E-state index is 13.5. The summed E-state index contributed by atoms with van der Waals surface area (Å²) >= 11 is 1.17. The molecule has 35 heavy (non-hydrogen) atoms. The molecule has 0 fully saturated rings. The van der Waals surface area contributed by atoms with Crippen molar-refractivity contribution in [3.05, 3.63) is 82.9 Å². The van der Waals surface area contributed by atoms with E-state index in [-0.39, 0.29) is 24.0 Å². The van der Waals surface area contributed by atoms with Gasteiger partial charge in [0.05, 0.1) is 23.9 Å². The van der Waals surface area contributed by atoms with Crippen molar-refractivity contribution >= 4 is 46.6 Å². The Labute approximate surface area is 205 Å². The predicted octanol–water partition coefficient (Wildman–Crippen LogP) is 3.82. The number of amides is 3. The summed E-state index contributed by atoms with van der Waals surface area (Å²) in [5, 5.41) is 5.65. The fraction of sp³-hybridized carbons (Fsp3) is 0.200. The quantitative estimate of drug-likeness (QED) is 0.470. The van der Waals surface area contributed by atoms with E-state index in [0.29, 0.717) is 22.1 Å². The number of urea groups is 1. The maximum Gasteiger partial charge on any atom is 0.337 e. The number of carbonyl (C=O) groups is 3. The Morgan fingerprint density at radius 1 is 1.17 bits per heavy atom. The summed E-state index contributed by atoms with van der Waals surface area (Å²) in [6.45, 7) is 3.58. The molecule has 0 spiro atoms. The molecule has 0 aromatic heterocycles. The smallest absolute Gasteiger partial charge is 0.337 e. The van der Waals surface area contributed by atoms with E-state index in [9.17, 15) is 18.8 Å². The van der Waals surface area contributed by atoms with Crippen LogP contribution in [-0.2, 0) is 14.3 Å². The normalized spacial score (nSPS) is 18.9. The molecule has 2 aromatic rings. The molecule has 3 amide bonds. The summed E-state index contributed by atoms with van der Waals surface area (Å²) in [7, 11) is 0. The first kappa shape index (κ1) is 24.2. The SMILES string of the molecule is CCOC(=O)C1=C(CSC2=NC(=Cc3ccccc3)C(=O)N2c2ccc(F)cc2)NC(=O)NC1C. The molecule has 2 N–H and O–H groups in total. The van der Waals surface area contributed by atoms with Gasteiger partial charge in [0, 0.05) is 11.4 Å². The third kappa shape index (κ3) is 5.43. The number of thioether (sulfide) groups is 1. The summed E-state index contributed by atoms with van der Waals surface area (Å²) in [5.74, 6) is -1.19. The van der Waals surface area contributed by atoms with Crippen LogP contribution in [0.1, 0.15) is 19.4 Å². The minimum Gasteiger partial charge on any atom is -0.463 e. The molecule has 8 nitrogen and oxygen atoms in total. The van der Waals surface area contributed by atoms with Crippen LogP contribution in [0.25, 0.3) is 6.08 Å². The Morgan fingerprint density at radius 3 is 2.57 bits per heavy atom. The second-order valence-electron chi connectivity index (χ2n) is 7.67. The molecule has 180 valence electrons. The number of ether oxygens (including phenoxy) is 1. The molecule has 10 heteroatoms. The zero-order valence-corrected chi connectivity index (χ0v) is 19.9. The highest BCUT2D eigenvalue weighted by Crippen LogP contribution is 2.31. The monoisotopic (exact) mass is 494 g/mol. The first-order chi connectivity index (χ1) is 16.9. The van der Waals surface area contributed by atoms with Crippen molar-refractivity contribution in [3.63, 3.8) is 0 Å². The number of carbonyl (C=O) groups excluding carboxylic acids is 3. The van der Waals surface area contributed by atoms with Crippen LogP contribution in [0.15, 0.2) is 76.6 Å². The standard InChI is InChI=1S/C25H23FN4O4S/c1-3-34-23(32)21-15(2)27-24(33)28-20(21)14-35-25-29-19(13-16-7-5-4-6-8-16)22(31)30(25)18-11-9-17(26)10-12-18/h4-13,15H,3,14H2,1-2H3,(H2,27,28,33).